The summed E-state index contributed by atoms with van der Waals surface area (Å²) in [4.78, 5) is 29.0. The number of fused-ring (bicyclic) bond motifs is 1. The second-order valence-corrected chi connectivity index (χ2v) is 9.81. The molecular weight excluding hydrogens is 459 g/mol. The average Bonchev–Trinajstić information content (AvgIpc) is 2.77. The fraction of sp³-hybridized carbons (Fsp3) is 0.286. The zero-order valence-electron chi connectivity index (χ0n) is 16.9. The number of aromatic nitrogens is 2. The van der Waals surface area contributed by atoms with Crippen LogP contribution in [0, 0.1) is 5.82 Å². The Morgan fingerprint density at radius 1 is 1.12 bits per heavy atom. The van der Waals surface area contributed by atoms with E-state index >= 15 is 0 Å². The zero-order chi connectivity index (χ0) is 22.9. The number of nitrogens with zero attached hydrogens (tertiary/aromatic N) is 3. The molecule has 3 aromatic rings. The van der Waals surface area contributed by atoms with Crippen LogP contribution in [-0.4, -0.2) is 41.3 Å². The molecule has 0 spiro atoms. The molecule has 1 amide bonds. The summed E-state index contributed by atoms with van der Waals surface area (Å²) in [5.41, 5.74) is -0.0644. The van der Waals surface area contributed by atoms with Gasteiger partial charge in [-0.25, -0.2) is 17.8 Å². The van der Waals surface area contributed by atoms with Crippen molar-refractivity contribution < 1.29 is 17.6 Å². The van der Waals surface area contributed by atoms with Gasteiger partial charge in [0, 0.05) is 24.8 Å². The van der Waals surface area contributed by atoms with Crippen molar-refractivity contribution in [3.8, 4) is 0 Å². The van der Waals surface area contributed by atoms with E-state index in [4.69, 9.17) is 11.6 Å². The minimum atomic E-state index is -3.79. The van der Waals surface area contributed by atoms with Crippen molar-refractivity contribution in [2.24, 2.45) is 0 Å². The Bertz CT molecular complexity index is 1350. The Labute approximate surface area is 188 Å². The maximum atomic E-state index is 13.3. The number of nitrogens with one attached hydrogen (secondary N) is 1. The molecule has 8 nitrogen and oxygen atoms in total. The lowest BCUT2D eigenvalue weighted by Crippen LogP contribution is -2.35. The van der Waals surface area contributed by atoms with Gasteiger partial charge in [-0.05, 0) is 43.2 Å². The van der Waals surface area contributed by atoms with Crippen molar-refractivity contribution >= 4 is 44.1 Å². The van der Waals surface area contributed by atoms with E-state index < -0.39 is 27.3 Å². The minimum absolute atomic E-state index is 0.0655. The topological polar surface area (TPSA) is 101 Å². The molecule has 0 bridgehead atoms. The Balaban J connectivity index is 1.55. The Morgan fingerprint density at radius 2 is 1.88 bits per heavy atom. The Morgan fingerprint density at radius 3 is 2.62 bits per heavy atom. The molecule has 32 heavy (non-hydrogen) atoms. The van der Waals surface area contributed by atoms with Crippen LogP contribution in [0.2, 0.25) is 5.02 Å². The quantitative estimate of drug-likeness (QED) is 0.607. The fourth-order valence-corrected chi connectivity index (χ4v) is 5.64. The predicted octanol–water partition coefficient (Wildman–Crippen LogP) is 3.00. The van der Waals surface area contributed by atoms with Crippen LogP contribution in [0.1, 0.15) is 19.3 Å². The van der Waals surface area contributed by atoms with Gasteiger partial charge in [0.05, 0.1) is 22.3 Å². The molecule has 11 heteroatoms. The van der Waals surface area contributed by atoms with Crippen LogP contribution in [0.5, 0.6) is 0 Å². The number of rotatable bonds is 5. The number of sulfonamides is 1. The molecule has 1 saturated heterocycles. The summed E-state index contributed by atoms with van der Waals surface area (Å²) in [6.07, 6.45) is 3.72. The van der Waals surface area contributed by atoms with Gasteiger partial charge in [0.2, 0.25) is 15.9 Å². The monoisotopic (exact) mass is 478 g/mol. The average molecular weight is 479 g/mol. The molecule has 2 aromatic carbocycles. The summed E-state index contributed by atoms with van der Waals surface area (Å²) in [6.45, 7) is 0.504. The van der Waals surface area contributed by atoms with Gasteiger partial charge < -0.3 is 5.32 Å². The maximum Gasteiger partial charge on any atom is 0.261 e. The third kappa shape index (κ3) is 4.52. The lowest BCUT2D eigenvalue weighted by atomic mass is 10.2. The van der Waals surface area contributed by atoms with Crippen molar-refractivity contribution in [3.05, 3.63) is 63.9 Å². The summed E-state index contributed by atoms with van der Waals surface area (Å²) >= 11 is 6.15. The minimum Gasteiger partial charge on any atom is -0.324 e. The molecular formula is C21H20ClFN4O4S. The molecule has 1 N–H and O–H groups in total. The SMILES string of the molecule is O=C(Cn1cnc2cc(F)ccc2c1=O)Nc1ccc(Cl)c(S(=O)(=O)N2CCCCC2)c1. The highest BCUT2D eigenvalue weighted by molar-refractivity contribution is 7.89. The molecule has 0 aliphatic carbocycles. The first-order chi connectivity index (χ1) is 15.3. The van der Waals surface area contributed by atoms with Gasteiger partial charge >= 0.3 is 0 Å². The van der Waals surface area contributed by atoms with Crippen molar-refractivity contribution in [1.29, 1.82) is 0 Å². The van der Waals surface area contributed by atoms with Crippen molar-refractivity contribution in [3.63, 3.8) is 0 Å². The third-order valence-corrected chi connectivity index (χ3v) is 7.63. The van der Waals surface area contributed by atoms with Crippen LogP contribution in [-0.2, 0) is 21.4 Å². The van der Waals surface area contributed by atoms with Crippen LogP contribution in [0.3, 0.4) is 0 Å². The van der Waals surface area contributed by atoms with E-state index in [0.29, 0.717) is 13.1 Å². The van der Waals surface area contributed by atoms with E-state index in [9.17, 15) is 22.4 Å². The number of carbonyl (C=O) groups is 1. The van der Waals surface area contributed by atoms with E-state index in [1.165, 1.54) is 28.6 Å². The number of halogens is 2. The van der Waals surface area contributed by atoms with Gasteiger partial charge in [0.15, 0.2) is 0 Å². The van der Waals surface area contributed by atoms with Crippen molar-refractivity contribution in [1.82, 2.24) is 13.9 Å². The summed E-state index contributed by atoms with van der Waals surface area (Å²) < 4.78 is 41.8. The summed E-state index contributed by atoms with van der Waals surface area (Å²) in [7, 11) is -3.79. The van der Waals surface area contributed by atoms with Crippen LogP contribution in [0.4, 0.5) is 10.1 Å². The first kappa shape index (κ1) is 22.4. The molecule has 1 aliphatic heterocycles. The summed E-state index contributed by atoms with van der Waals surface area (Å²) in [5, 5.41) is 2.84. The number of anilines is 1. The number of carbonyl (C=O) groups excluding carboxylic acids is 1. The highest BCUT2D eigenvalue weighted by Gasteiger charge is 2.28. The number of hydrogen-bond acceptors (Lipinski definition) is 5. The van der Waals surface area contributed by atoms with Crippen LogP contribution < -0.4 is 10.9 Å². The van der Waals surface area contributed by atoms with Gasteiger partial charge in [-0.1, -0.05) is 18.0 Å². The first-order valence-corrected chi connectivity index (χ1v) is 11.8. The molecule has 1 aliphatic rings. The summed E-state index contributed by atoms with van der Waals surface area (Å²) in [5.74, 6) is -1.07. The normalized spacial score (nSPS) is 15.1. The lowest BCUT2D eigenvalue weighted by Gasteiger charge is -2.26. The first-order valence-electron chi connectivity index (χ1n) is 10.00. The number of piperidine rings is 1. The second-order valence-electron chi connectivity index (χ2n) is 7.50. The second kappa shape index (κ2) is 8.97. The maximum absolute atomic E-state index is 13.3. The van der Waals surface area contributed by atoms with Gasteiger partial charge in [-0.15, -0.1) is 0 Å². The number of amides is 1. The van der Waals surface area contributed by atoms with Gasteiger partial charge in [-0.3, -0.25) is 14.2 Å². The standard InChI is InChI=1S/C21H20ClFN4O4S/c22-17-7-5-15(11-19(17)32(30,31)27-8-2-1-3-9-27)25-20(28)12-26-13-24-18-10-14(23)4-6-16(18)21(26)29/h4-7,10-11,13H,1-3,8-9,12H2,(H,25,28). The zero-order valence-corrected chi connectivity index (χ0v) is 18.5. The third-order valence-electron chi connectivity index (χ3n) is 5.25. The van der Waals surface area contributed by atoms with E-state index in [0.717, 1.165) is 42.3 Å². The van der Waals surface area contributed by atoms with E-state index in [1.54, 1.807) is 0 Å². The smallest absolute Gasteiger partial charge is 0.261 e. The Kier molecular flexibility index (Phi) is 6.27. The van der Waals surface area contributed by atoms with Gasteiger partial charge in [0.1, 0.15) is 17.3 Å². The van der Waals surface area contributed by atoms with E-state index in [1.807, 2.05) is 0 Å². The van der Waals surface area contributed by atoms with Crippen LogP contribution in [0.25, 0.3) is 10.9 Å². The molecule has 0 saturated carbocycles. The lowest BCUT2D eigenvalue weighted by molar-refractivity contribution is -0.116. The van der Waals surface area contributed by atoms with Crippen LogP contribution in [0.15, 0.2) is 52.4 Å². The van der Waals surface area contributed by atoms with E-state index in [-0.39, 0.29) is 33.1 Å². The fourth-order valence-electron chi connectivity index (χ4n) is 3.62. The molecule has 1 fully saturated rings. The number of hydrogen-bond donors (Lipinski definition) is 1. The molecule has 0 unspecified atom stereocenters. The molecule has 2 heterocycles. The van der Waals surface area contributed by atoms with Gasteiger partial charge in [-0.2, -0.15) is 4.31 Å². The largest absolute Gasteiger partial charge is 0.324 e. The van der Waals surface area contributed by atoms with Crippen molar-refractivity contribution in [2.75, 3.05) is 18.4 Å². The molecule has 0 atom stereocenters. The van der Waals surface area contributed by atoms with Crippen LogP contribution >= 0.6 is 11.6 Å². The van der Waals surface area contributed by atoms with E-state index in [2.05, 4.69) is 10.3 Å². The highest BCUT2D eigenvalue weighted by atomic mass is 35.5. The molecule has 0 radical (unpaired) electrons. The van der Waals surface area contributed by atoms with Crippen molar-refractivity contribution in [2.45, 2.75) is 30.7 Å². The van der Waals surface area contributed by atoms with Gasteiger partial charge in [0.25, 0.3) is 5.56 Å². The molecule has 168 valence electrons. The summed E-state index contributed by atoms with van der Waals surface area (Å²) in [6, 6.07) is 7.80. The predicted molar refractivity (Wildman–Crippen MR) is 119 cm³/mol. The Hall–Kier alpha value is -2.82. The molecule has 4 rings (SSSR count). The molecule has 1 aromatic heterocycles. The number of benzene rings is 2. The highest BCUT2D eigenvalue weighted by Crippen LogP contribution is 2.29.